The van der Waals surface area contributed by atoms with Gasteiger partial charge in [0.1, 0.15) is 0 Å². The van der Waals surface area contributed by atoms with Gasteiger partial charge in [-0.3, -0.25) is 4.99 Å². The van der Waals surface area contributed by atoms with Crippen molar-refractivity contribution >= 4 is 50.6 Å². The van der Waals surface area contributed by atoms with E-state index in [4.69, 9.17) is 4.74 Å². The number of carbonyl (C=O) groups excluding carboxylic acids is 1. The Bertz CT molecular complexity index is 1540. The van der Waals surface area contributed by atoms with Crippen LogP contribution in [0.5, 0.6) is 0 Å². The summed E-state index contributed by atoms with van der Waals surface area (Å²) >= 11 is 0. The molecule has 0 fully saturated rings. The highest BCUT2D eigenvalue weighted by molar-refractivity contribution is 7.90. The average Bonchev–Trinajstić information content (AvgIpc) is 3.21. The number of nitrogens with zero attached hydrogens (tertiary/aromatic N) is 3. The number of carbonyl (C=O) groups is 1. The van der Waals surface area contributed by atoms with E-state index in [1.807, 2.05) is 55.4 Å². The van der Waals surface area contributed by atoms with E-state index in [1.54, 1.807) is 55.5 Å². The zero-order chi connectivity index (χ0) is 25.7. The van der Waals surface area contributed by atoms with Crippen molar-refractivity contribution in [3.8, 4) is 0 Å². The van der Waals surface area contributed by atoms with Crippen LogP contribution in [-0.4, -0.2) is 45.3 Å². The smallest absolute Gasteiger partial charge is 0.330 e. The number of esters is 1. The summed E-state index contributed by atoms with van der Waals surface area (Å²) in [5.41, 5.74) is 3.04. The van der Waals surface area contributed by atoms with Gasteiger partial charge in [-0.25, -0.2) is 17.2 Å². The molecule has 0 saturated carbocycles. The van der Waals surface area contributed by atoms with Crippen molar-refractivity contribution < 1.29 is 17.9 Å². The van der Waals surface area contributed by atoms with Crippen LogP contribution in [0.15, 0.2) is 94.8 Å². The lowest BCUT2D eigenvalue weighted by Gasteiger charge is -2.12. The molecular formula is C28H27N3O4S. The minimum absolute atomic E-state index is 0.150. The molecule has 4 aromatic rings. The number of rotatable bonds is 8. The lowest BCUT2D eigenvalue weighted by atomic mass is 10.1. The van der Waals surface area contributed by atoms with Crippen LogP contribution in [0.2, 0.25) is 0 Å². The number of anilines is 1. The molecule has 1 heterocycles. The van der Waals surface area contributed by atoms with Gasteiger partial charge in [-0.2, -0.15) is 0 Å². The molecule has 7 nitrogen and oxygen atoms in total. The molecule has 1 aromatic heterocycles. The van der Waals surface area contributed by atoms with E-state index in [0.29, 0.717) is 27.8 Å². The van der Waals surface area contributed by atoms with Crippen LogP contribution in [-0.2, 0) is 19.6 Å². The molecule has 0 aliphatic carbocycles. The second-order valence-electron chi connectivity index (χ2n) is 8.15. The fourth-order valence-electron chi connectivity index (χ4n) is 3.82. The van der Waals surface area contributed by atoms with Crippen LogP contribution in [0.25, 0.3) is 17.0 Å². The van der Waals surface area contributed by atoms with E-state index in [0.717, 1.165) is 5.69 Å². The van der Waals surface area contributed by atoms with Crippen molar-refractivity contribution in [1.29, 1.82) is 0 Å². The summed E-state index contributed by atoms with van der Waals surface area (Å²) in [6, 6.07) is 23.0. The molecule has 36 heavy (non-hydrogen) atoms. The number of benzene rings is 3. The van der Waals surface area contributed by atoms with Gasteiger partial charge in [0.15, 0.2) is 0 Å². The molecule has 0 atom stereocenters. The van der Waals surface area contributed by atoms with Crippen LogP contribution in [0, 0.1) is 0 Å². The summed E-state index contributed by atoms with van der Waals surface area (Å²) in [6.07, 6.45) is 4.40. The van der Waals surface area contributed by atoms with E-state index in [1.165, 1.54) is 16.3 Å². The lowest BCUT2D eigenvalue weighted by molar-refractivity contribution is -0.137. The maximum Gasteiger partial charge on any atom is 0.330 e. The predicted molar refractivity (Wildman–Crippen MR) is 145 cm³/mol. The summed E-state index contributed by atoms with van der Waals surface area (Å²) in [6.45, 7) is 1.97. The van der Waals surface area contributed by atoms with E-state index in [9.17, 15) is 13.2 Å². The Morgan fingerprint density at radius 3 is 2.31 bits per heavy atom. The highest BCUT2D eigenvalue weighted by atomic mass is 32.2. The minimum atomic E-state index is -3.98. The van der Waals surface area contributed by atoms with Gasteiger partial charge >= 0.3 is 5.97 Å². The van der Waals surface area contributed by atoms with Crippen molar-refractivity contribution in [2.24, 2.45) is 4.99 Å². The highest BCUT2D eigenvalue weighted by Crippen LogP contribution is 2.31. The third-order valence-electron chi connectivity index (χ3n) is 5.56. The number of hydrogen-bond donors (Lipinski definition) is 0. The Hall–Kier alpha value is -4.17. The van der Waals surface area contributed by atoms with Crippen molar-refractivity contribution in [3.05, 3.63) is 96.2 Å². The number of aromatic nitrogens is 1. The second kappa shape index (κ2) is 10.6. The summed E-state index contributed by atoms with van der Waals surface area (Å²) in [5, 5.41) is 0.668. The first kappa shape index (κ1) is 24.9. The lowest BCUT2D eigenvalue weighted by Crippen LogP contribution is -2.16. The van der Waals surface area contributed by atoms with Gasteiger partial charge in [-0.05, 0) is 55.5 Å². The van der Waals surface area contributed by atoms with Crippen molar-refractivity contribution in [3.63, 3.8) is 0 Å². The van der Waals surface area contributed by atoms with E-state index in [2.05, 4.69) is 4.99 Å². The Labute approximate surface area is 211 Å². The topological polar surface area (TPSA) is 81.0 Å². The molecule has 0 bridgehead atoms. The molecule has 0 unspecified atom stereocenters. The molecule has 0 amide bonds. The van der Waals surface area contributed by atoms with Crippen LogP contribution in [0.3, 0.4) is 0 Å². The van der Waals surface area contributed by atoms with Crippen LogP contribution >= 0.6 is 0 Å². The first-order valence-corrected chi connectivity index (χ1v) is 12.9. The maximum absolute atomic E-state index is 13.8. The molecular weight excluding hydrogens is 474 g/mol. The first-order chi connectivity index (χ1) is 17.3. The quantitative estimate of drug-likeness (QED) is 0.187. The minimum Gasteiger partial charge on any atom is -0.463 e. The van der Waals surface area contributed by atoms with Gasteiger partial charge in [0.25, 0.3) is 10.0 Å². The largest absolute Gasteiger partial charge is 0.463 e. The maximum atomic E-state index is 13.8. The summed E-state index contributed by atoms with van der Waals surface area (Å²) in [4.78, 5) is 18.8. The van der Waals surface area contributed by atoms with Crippen LogP contribution < -0.4 is 4.90 Å². The monoisotopic (exact) mass is 501 g/mol. The standard InChI is InChI=1S/C28H27N3O4S/c1-4-35-28(32)19-18-25-24-12-8-9-13-26(24)31(36(33,34)23-10-6-5-7-11-23)27(25)20-29-21-14-16-22(17-15-21)30(2)3/h5-20H,4H2,1-3H3/b19-18+,29-20?. The number of fused-ring (bicyclic) bond motifs is 1. The third-order valence-corrected chi connectivity index (χ3v) is 7.31. The molecule has 0 radical (unpaired) electrons. The van der Waals surface area contributed by atoms with Gasteiger partial charge in [-0.1, -0.05) is 36.4 Å². The molecule has 3 aromatic carbocycles. The Morgan fingerprint density at radius 1 is 0.972 bits per heavy atom. The zero-order valence-electron chi connectivity index (χ0n) is 20.3. The van der Waals surface area contributed by atoms with E-state index in [-0.39, 0.29) is 11.5 Å². The molecule has 0 N–H and O–H groups in total. The average molecular weight is 502 g/mol. The normalized spacial score (nSPS) is 12.0. The summed E-state index contributed by atoms with van der Waals surface area (Å²) in [7, 11) is -0.0744. The fraction of sp³-hybridized carbons (Fsp3) is 0.143. The second-order valence-corrected chi connectivity index (χ2v) is 9.94. The Balaban J connectivity index is 1.94. The Kier molecular flexibility index (Phi) is 7.36. The predicted octanol–water partition coefficient (Wildman–Crippen LogP) is 5.27. The van der Waals surface area contributed by atoms with Crippen LogP contribution in [0.1, 0.15) is 18.2 Å². The molecule has 4 rings (SSSR count). The van der Waals surface area contributed by atoms with Crippen LogP contribution in [0.4, 0.5) is 11.4 Å². The number of ether oxygens (including phenoxy) is 1. The van der Waals surface area contributed by atoms with Crippen molar-refractivity contribution in [2.45, 2.75) is 11.8 Å². The Morgan fingerprint density at radius 2 is 1.64 bits per heavy atom. The van der Waals surface area contributed by atoms with Gasteiger partial charge in [-0.15, -0.1) is 0 Å². The summed E-state index contributed by atoms with van der Waals surface area (Å²) < 4.78 is 34.0. The molecule has 184 valence electrons. The van der Waals surface area contributed by atoms with E-state index >= 15 is 0 Å². The molecule has 0 aliphatic rings. The SMILES string of the molecule is CCOC(=O)/C=C/c1c(C=Nc2ccc(N(C)C)cc2)n(S(=O)(=O)c2ccccc2)c2ccccc12. The molecule has 0 spiro atoms. The summed E-state index contributed by atoms with van der Waals surface area (Å²) in [5.74, 6) is -0.512. The zero-order valence-corrected chi connectivity index (χ0v) is 21.1. The third kappa shape index (κ3) is 5.08. The highest BCUT2D eigenvalue weighted by Gasteiger charge is 2.25. The van der Waals surface area contributed by atoms with Gasteiger partial charge < -0.3 is 9.64 Å². The molecule has 0 saturated heterocycles. The van der Waals surface area contributed by atoms with Gasteiger partial charge in [0, 0.05) is 36.8 Å². The fourth-order valence-corrected chi connectivity index (χ4v) is 5.36. The van der Waals surface area contributed by atoms with E-state index < -0.39 is 16.0 Å². The number of aliphatic imine (C=N–C) groups is 1. The number of para-hydroxylation sites is 1. The first-order valence-electron chi connectivity index (χ1n) is 11.4. The molecule has 0 aliphatic heterocycles. The van der Waals surface area contributed by atoms with Crippen molar-refractivity contribution in [1.82, 2.24) is 3.97 Å². The van der Waals surface area contributed by atoms with Crippen molar-refractivity contribution in [2.75, 3.05) is 25.6 Å². The van der Waals surface area contributed by atoms with Gasteiger partial charge in [0.05, 0.1) is 34.6 Å². The number of hydrogen-bond acceptors (Lipinski definition) is 6. The van der Waals surface area contributed by atoms with Gasteiger partial charge in [0.2, 0.25) is 0 Å². The molecule has 8 heteroatoms.